The summed E-state index contributed by atoms with van der Waals surface area (Å²) in [7, 11) is 0. The average Bonchev–Trinajstić information content (AvgIpc) is 2.72. The lowest BCUT2D eigenvalue weighted by atomic mass is 9.84. The molecule has 1 fully saturated rings. The van der Waals surface area contributed by atoms with Crippen molar-refractivity contribution in [3.63, 3.8) is 0 Å². The Bertz CT molecular complexity index is 405. The van der Waals surface area contributed by atoms with Gasteiger partial charge in [0.1, 0.15) is 5.60 Å². The molecule has 0 heterocycles. The number of rotatable bonds is 0. The average molecular weight is 204 g/mol. The number of ketones is 1. The van der Waals surface area contributed by atoms with Gasteiger partial charge >= 0.3 is 0 Å². The summed E-state index contributed by atoms with van der Waals surface area (Å²) in [4.78, 5) is 11.9. The molecule has 2 nitrogen and oxygen atoms in total. The fraction of sp³-hybridized carbons (Fsp3) is 0.615. The zero-order valence-corrected chi connectivity index (χ0v) is 9.16. The summed E-state index contributed by atoms with van der Waals surface area (Å²) in [6, 6.07) is 0. The summed E-state index contributed by atoms with van der Waals surface area (Å²) in [5, 5.41) is 10.6. The maximum absolute atomic E-state index is 11.9. The van der Waals surface area contributed by atoms with Gasteiger partial charge in [0.15, 0.2) is 5.78 Å². The van der Waals surface area contributed by atoms with Crippen LogP contribution in [0.25, 0.3) is 0 Å². The van der Waals surface area contributed by atoms with Crippen molar-refractivity contribution < 1.29 is 9.90 Å². The molecule has 0 aromatic heterocycles. The summed E-state index contributed by atoms with van der Waals surface area (Å²) < 4.78 is 0. The molecule has 0 spiro atoms. The fourth-order valence-electron chi connectivity index (χ4n) is 3.55. The van der Waals surface area contributed by atoms with Crippen LogP contribution in [0, 0.1) is 17.8 Å². The van der Waals surface area contributed by atoms with Crippen LogP contribution in [0.4, 0.5) is 0 Å². The van der Waals surface area contributed by atoms with Crippen LogP contribution in [0.3, 0.4) is 0 Å². The third-order valence-corrected chi connectivity index (χ3v) is 4.39. The number of allylic oxidation sites excluding steroid dienone is 1. The second-order valence-corrected chi connectivity index (χ2v) is 5.25. The fourth-order valence-corrected chi connectivity index (χ4v) is 3.55. The predicted octanol–water partition coefficient (Wildman–Crippen LogP) is 1.85. The molecule has 0 aromatic rings. The van der Waals surface area contributed by atoms with Gasteiger partial charge < -0.3 is 5.11 Å². The molecule has 1 N–H and O–H groups in total. The van der Waals surface area contributed by atoms with Crippen LogP contribution in [0.2, 0.25) is 0 Å². The Morgan fingerprint density at radius 2 is 2.20 bits per heavy atom. The molecule has 0 bridgehead atoms. The van der Waals surface area contributed by atoms with Crippen LogP contribution >= 0.6 is 0 Å². The van der Waals surface area contributed by atoms with Crippen LogP contribution in [0.15, 0.2) is 23.3 Å². The molecule has 80 valence electrons. The van der Waals surface area contributed by atoms with Gasteiger partial charge in [-0.15, -0.1) is 0 Å². The van der Waals surface area contributed by atoms with E-state index in [1.807, 2.05) is 13.0 Å². The molecule has 1 saturated carbocycles. The van der Waals surface area contributed by atoms with E-state index in [0.717, 1.165) is 18.4 Å². The normalized spacial score (nSPS) is 47.7. The van der Waals surface area contributed by atoms with Crippen molar-refractivity contribution in [3.8, 4) is 0 Å². The van der Waals surface area contributed by atoms with Crippen LogP contribution in [0.1, 0.15) is 26.7 Å². The van der Waals surface area contributed by atoms with Crippen molar-refractivity contribution >= 4 is 5.78 Å². The minimum absolute atomic E-state index is 0.117. The van der Waals surface area contributed by atoms with Crippen LogP contribution in [-0.2, 0) is 4.79 Å². The maximum atomic E-state index is 11.9. The minimum atomic E-state index is -0.874. The van der Waals surface area contributed by atoms with Crippen LogP contribution < -0.4 is 0 Å². The molecule has 3 aliphatic rings. The summed E-state index contributed by atoms with van der Waals surface area (Å²) in [5.74, 6) is 0.594. The molecule has 0 unspecified atom stereocenters. The van der Waals surface area contributed by atoms with Crippen LogP contribution in [-0.4, -0.2) is 16.5 Å². The molecule has 0 amide bonds. The van der Waals surface area contributed by atoms with Gasteiger partial charge in [-0.2, -0.15) is 0 Å². The van der Waals surface area contributed by atoms with Crippen molar-refractivity contribution in [2.45, 2.75) is 32.3 Å². The Morgan fingerprint density at radius 3 is 2.93 bits per heavy atom. The molecule has 3 aliphatic carbocycles. The van der Waals surface area contributed by atoms with Crippen molar-refractivity contribution in [1.29, 1.82) is 0 Å². The van der Waals surface area contributed by atoms with Crippen LogP contribution in [0.5, 0.6) is 0 Å². The highest BCUT2D eigenvalue weighted by Gasteiger charge is 2.56. The smallest absolute Gasteiger partial charge is 0.168 e. The largest absolute Gasteiger partial charge is 0.384 e. The molecule has 4 atom stereocenters. The third kappa shape index (κ3) is 0.957. The molecule has 0 saturated heterocycles. The molecule has 0 radical (unpaired) electrons. The maximum Gasteiger partial charge on any atom is 0.168 e. The topological polar surface area (TPSA) is 37.3 Å². The lowest BCUT2D eigenvalue weighted by Crippen LogP contribution is -2.37. The summed E-state index contributed by atoms with van der Waals surface area (Å²) in [5.41, 5.74) is 1.18. The van der Waals surface area contributed by atoms with E-state index in [0.29, 0.717) is 5.92 Å². The minimum Gasteiger partial charge on any atom is -0.384 e. The first-order valence-electron chi connectivity index (χ1n) is 5.71. The van der Waals surface area contributed by atoms with E-state index in [9.17, 15) is 9.90 Å². The standard InChI is InChI=1S/C13H16O2/c1-7-3-4-10-9(7)5-11-12(14)8(2)6-13(10,11)15/h5-7,10-11,15H,3-4H2,1-2H3/t7-,10-,11-,13+/m1/s1. The van der Waals surface area contributed by atoms with Gasteiger partial charge in [-0.1, -0.05) is 18.6 Å². The number of carbonyl (C=O) groups is 1. The van der Waals surface area contributed by atoms with Crippen molar-refractivity contribution in [2.24, 2.45) is 17.8 Å². The second-order valence-electron chi connectivity index (χ2n) is 5.25. The van der Waals surface area contributed by atoms with Crippen molar-refractivity contribution in [3.05, 3.63) is 23.3 Å². The zero-order chi connectivity index (χ0) is 10.8. The van der Waals surface area contributed by atoms with Crippen molar-refractivity contribution in [1.82, 2.24) is 0 Å². The van der Waals surface area contributed by atoms with E-state index >= 15 is 0 Å². The van der Waals surface area contributed by atoms with Gasteiger partial charge in [-0.25, -0.2) is 0 Å². The Labute approximate surface area is 89.7 Å². The Morgan fingerprint density at radius 1 is 1.47 bits per heavy atom. The predicted molar refractivity (Wildman–Crippen MR) is 57.2 cm³/mol. The number of aliphatic hydroxyl groups is 1. The number of hydrogen-bond donors (Lipinski definition) is 1. The SMILES string of the molecule is CC1=C[C@@]2(O)[C@H](C=C3[C@H](C)CC[C@H]32)C1=O. The second kappa shape index (κ2) is 2.62. The molecule has 15 heavy (non-hydrogen) atoms. The molecular weight excluding hydrogens is 188 g/mol. The third-order valence-electron chi connectivity index (χ3n) is 4.39. The summed E-state index contributed by atoms with van der Waals surface area (Å²) >= 11 is 0. The highest BCUT2D eigenvalue weighted by Crippen LogP contribution is 2.54. The first-order chi connectivity index (χ1) is 7.04. The van der Waals surface area contributed by atoms with Gasteiger partial charge in [0.05, 0.1) is 5.92 Å². The van der Waals surface area contributed by atoms with Gasteiger partial charge in [0.2, 0.25) is 0 Å². The van der Waals surface area contributed by atoms with Gasteiger partial charge in [0, 0.05) is 5.92 Å². The Kier molecular flexibility index (Phi) is 1.63. The molecule has 0 aromatic carbocycles. The lowest BCUT2D eigenvalue weighted by Gasteiger charge is -2.27. The molecule has 3 rings (SSSR count). The number of hydrogen-bond acceptors (Lipinski definition) is 2. The zero-order valence-electron chi connectivity index (χ0n) is 9.16. The van der Waals surface area contributed by atoms with Crippen molar-refractivity contribution in [2.75, 3.05) is 0 Å². The summed E-state index contributed by atoms with van der Waals surface area (Å²) in [6.45, 7) is 4.00. The summed E-state index contributed by atoms with van der Waals surface area (Å²) in [6.07, 6.45) is 6.01. The molecule has 0 aliphatic heterocycles. The highest BCUT2D eigenvalue weighted by atomic mass is 16.3. The van der Waals surface area contributed by atoms with E-state index in [1.54, 1.807) is 6.08 Å². The number of fused-ring (bicyclic) bond motifs is 3. The Balaban J connectivity index is 2.08. The number of carbonyl (C=O) groups excluding carboxylic acids is 1. The van der Waals surface area contributed by atoms with Gasteiger partial charge in [-0.05, 0) is 37.3 Å². The van der Waals surface area contributed by atoms with E-state index in [2.05, 4.69) is 6.92 Å². The number of Topliss-reactive ketones (excluding diaryl/α,β-unsaturated/α-hetero) is 1. The quantitative estimate of drug-likeness (QED) is 0.611. The molecular formula is C13H16O2. The van der Waals surface area contributed by atoms with E-state index in [-0.39, 0.29) is 17.6 Å². The monoisotopic (exact) mass is 204 g/mol. The van der Waals surface area contributed by atoms with E-state index in [1.165, 1.54) is 5.57 Å². The van der Waals surface area contributed by atoms with Gasteiger partial charge in [-0.3, -0.25) is 4.79 Å². The highest BCUT2D eigenvalue weighted by molar-refractivity contribution is 6.02. The first-order valence-corrected chi connectivity index (χ1v) is 5.71. The lowest BCUT2D eigenvalue weighted by molar-refractivity contribution is -0.121. The Hall–Kier alpha value is -0.890. The molecule has 2 heteroatoms. The van der Waals surface area contributed by atoms with E-state index in [4.69, 9.17) is 0 Å². The van der Waals surface area contributed by atoms with E-state index < -0.39 is 5.60 Å². The first kappa shape index (κ1) is 9.34. The van der Waals surface area contributed by atoms with Gasteiger partial charge in [0.25, 0.3) is 0 Å².